The Morgan fingerprint density at radius 2 is 1.71 bits per heavy atom. The molecule has 0 saturated carbocycles. The molecule has 1 aromatic heterocycles. The second kappa shape index (κ2) is 5.24. The van der Waals surface area contributed by atoms with Crippen LogP contribution < -0.4 is 4.90 Å². The van der Waals surface area contributed by atoms with Gasteiger partial charge in [0.25, 0.3) is 0 Å². The third-order valence-corrected chi connectivity index (χ3v) is 4.22. The molecule has 0 spiro atoms. The minimum atomic E-state index is 0.213. The number of benzene rings is 2. The number of aryl methyl sites for hydroxylation is 2. The number of rotatable bonds is 3. The fraction of sp³-hybridized carbons (Fsp3) is 0.278. The summed E-state index contributed by atoms with van der Waals surface area (Å²) in [5.41, 5.74) is 4.72. The van der Waals surface area contributed by atoms with Crippen LogP contribution in [0.4, 0.5) is 5.69 Å². The third-order valence-electron chi connectivity index (χ3n) is 4.22. The van der Waals surface area contributed by atoms with E-state index in [1.807, 2.05) is 6.07 Å². The van der Waals surface area contributed by atoms with Gasteiger partial charge in [0, 0.05) is 19.8 Å². The van der Waals surface area contributed by atoms with Gasteiger partial charge in [-0.15, -0.1) is 0 Å². The van der Waals surface area contributed by atoms with Gasteiger partial charge in [0.15, 0.2) is 0 Å². The highest BCUT2D eigenvalue weighted by Gasteiger charge is 2.18. The lowest BCUT2D eigenvalue weighted by atomic mass is 10.2. The number of para-hydroxylation sites is 2. The summed E-state index contributed by atoms with van der Waals surface area (Å²) in [6.45, 7) is 4.31. The highest BCUT2D eigenvalue weighted by Crippen LogP contribution is 2.27. The van der Waals surface area contributed by atoms with Gasteiger partial charge < -0.3 is 9.47 Å². The number of hydrogen-bond donors (Lipinski definition) is 0. The predicted molar refractivity (Wildman–Crippen MR) is 88.7 cm³/mol. The maximum absolute atomic E-state index is 4.80. The van der Waals surface area contributed by atoms with Crippen LogP contribution in [0, 0.1) is 6.92 Å². The van der Waals surface area contributed by atoms with Crippen LogP contribution in [-0.4, -0.2) is 16.6 Å². The summed E-state index contributed by atoms with van der Waals surface area (Å²) >= 11 is 0. The lowest BCUT2D eigenvalue weighted by molar-refractivity contribution is 0.654. The molecule has 0 fully saturated rings. The summed E-state index contributed by atoms with van der Waals surface area (Å²) in [7, 11) is 4.21. The van der Waals surface area contributed by atoms with Crippen LogP contribution in [0.1, 0.15) is 24.4 Å². The van der Waals surface area contributed by atoms with E-state index in [9.17, 15) is 0 Å². The van der Waals surface area contributed by atoms with Crippen molar-refractivity contribution in [1.82, 2.24) is 9.55 Å². The average molecular weight is 279 g/mol. The first-order valence-corrected chi connectivity index (χ1v) is 7.29. The summed E-state index contributed by atoms with van der Waals surface area (Å²) in [5, 5.41) is 0. The van der Waals surface area contributed by atoms with Crippen molar-refractivity contribution in [2.75, 3.05) is 11.9 Å². The fourth-order valence-electron chi connectivity index (χ4n) is 2.71. The molecule has 0 saturated heterocycles. The summed E-state index contributed by atoms with van der Waals surface area (Å²) in [6, 6.07) is 17.1. The highest BCUT2D eigenvalue weighted by molar-refractivity contribution is 5.76. The summed E-state index contributed by atoms with van der Waals surface area (Å²) in [4.78, 5) is 7.06. The molecule has 0 bridgehead atoms. The van der Waals surface area contributed by atoms with Crippen molar-refractivity contribution in [2.24, 2.45) is 7.05 Å². The first kappa shape index (κ1) is 13.7. The van der Waals surface area contributed by atoms with Crippen molar-refractivity contribution in [2.45, 2.75) is 19.9 Å². The van der Waals surface area contributed by atoms with Gasteiger partial charge in [-0.1, -0.05) is 29.8 Å². The molecular formula is C18H21N3. The highest BCUT2D eigenvalue weighted by atomic mass is 15.2. The second-order valence-corrected chi connectivity index (χ2v) is 5.64. The molecule has 2 aromatic carbocycles. The zero-order chi connectivity index (χ0) is 15.0. The van der Waals surface area contributed by atoms with E-state index in [2.05, 4.69) is 79.9 Å². The molecule has 0 amide bonds. The van der Waals surface area contributed by atoms with Gasteiger partial charge in [-0.05, 0) is 38.1 Å². The van der Waals surface area contributed by atoms with Gasteiger partial charge in [-0.2, -0.15) is 0 Å². The fourth-order valence-corrected chi connectivity index (χ4v) is 2.71. The Morgan fingerprint density at radius 3 is 2.38 bits per heavy atom. The maximum Gasteiger partial charge on any atom is 0.132 e. The third kappa shape index (κ3) is 2.40. The quantitative estimate of drug-likeness (QED) is 0.720. The van der Waals surface area contributed by atoms with Gasteiger partial charge in [0.1, 0.15) is 5.82 Å². The molecule has 1 atom stereocenters. The lowest BCUT2D eigenvalue weighted by Crippen LogP contribution is -2.24. The van der Waals surface area contributed by atoms with Gasteiger partial charge in [0.05, 0.1) is 17.1 Å². The zero-order valence-electron chi connectivity index (χ0n) is 13.0. The standard InChI is InChI=1S/C18H21N3/c1-13-9-11-15(12-10-13)20(3)14(2)18-19-16-7-5-6-8-17(16)21(18)4/h5-12,14H,1-4H3. The van der Waals surface area contributed by atoms with Crippen molar-refractivity contribution in [3.63, 3.8) is 0 Å². The van der Waals surface area contributed by atoms with Gasteiger partial charge >= 0.3 is 0 Å². The van der Waals surface area contributed by atoms with Crippen LogP contribution in [0.25, 0.3) is 11.0 Å². The van der Waals surface area contributed by atoms with Crippen molar-refractivity contribution in [1.29, 1.82) is 0 Å². The minimum Gasteiger partial charge on any atom is -0.365 e. The first-order valence-electron chi connectivity index (χ1n) is 7.29. The second-order valence-electron chi connectivity index (χ2n) is 5.64. The van der Waals surface area contributed by atoms with Crippen LogP contribution in [0.2, 0.25) is 0 Å². The first-order chi connectivity index (χ1) is 10.1. The number of hydrogen-bond acceptors (Lipinski definition) is 2. The SMILES string of the molecule is Cc1ccc(N(C)C(C)c2nc3ccccc3n2C)cc1. The van der Waals surface area contributed by atoms with Crippen LogP contribution in [0.5, 0.6) is 0 Å². The van der Waals surface area contributed by atoms with Gasteiger partial charge in [-0.3, -0.25) is 0 Å². The molecule has 1 unspecified atom stereocenters. The summed E-state index contributed by atoms with van der Waals surface area (Å²) < 4.78 is 2.19. The van der Waals surface area contributed by atoms with E-state index >= 15 is 0 Å². The summed E-state index contributed by atoms with van der Waals surface area (Å²) in [5.74, 6) is 1.08. The normalized spacial score (nSPS) is 12.6. The van der Waals surface area contributed by atoms with Crippen LogP contribution >= 0.6 is 0 Å². The Labute approximate surface area is 125 Å². The van der Waals surface area contributed by atoms with E-state index in [1.165, 1.54) is 16.8 Å². The Kier molecular flexibility index (Phi) is 3.42. The van der Waals surface area contributed by atoms with Crippen molar-refractivity contribution in [3.05, 3.63) is 59.9 Å². The van der Waals surface area contributed by atoms with E-state index in [0.29, 0.717) is 0 Å². The van der Waals surface area contributed by atoms with Crippen molar-refractivity contribution in [3.8, 4) is 0 Å². The Hall–Kier alpha value is -2.29. The average Bonchev–Trinajstić information content (AvgIpc) is 2.84. The lowest BCUT2D eigenvalue weighted by Gasteiger charge is -2.26. The molecule has 0 aliphatic heterocycles. The van der Waals surface area contributed by atoms with E-state index in [0.717, 1.165) is 11.3 Å². The van der Waals surface area contributed by atoms with Gasteiger partial charge in [0.2, 0.25) is 0 Å². The van der Waals surface area contributed by atoms with Crippen LogP contribution in [-0.2, 0) is 7.05 Å². The number of fused-ring (bicyclic) bond motifs is 1. The molecule has 3 heteroatoms. The van der Waals surface area contributed by atoms with E-state index < -0.39 is 0 Å². The Bertz CT molecular complexity index is 756. The molecule has 0 aliphatic carbocycles. The monoisotopic (exact) mass is 279 g/mol. The van der Waals surface area contributed by atoms with Crippen LogP contribution in [0.15, 0.2) is 48.5 Å². The van der Waals surface area contributed by atoms with E-state index in [-0.39, 0.29) is 6.04 Å². The van der Waals surface area contributed by atoms with Crippen molar-refractivity contribution >= 4 is 16.7 Å². The number of nitrogens with zero attached hydrogens (tertiary/aromatic N) is 3. The molecule has 1 heterocycles. The molecule has 0 radical (unpaired) electrons. The van der Waals surface area contributed by atoms with Crippen molar-refractivity contribution < 1.29 is 0 Å². The molecule has 0 aliphatic rings. The Balaban J connectivity index is 1.97. The Morgan fingerprint density at radius 1 is 1.05 bits per heavy atom. The van der Waals surface area contributed by atoms with E-state index in [4.69, 9.17) is 4.98 Å². The summed E-state index contributed by atoms with van der Waals surface area (Å²) in [6.07, 6.45) is 0. The van der Waals surface area contributed by atoms with Gasteiger partial charge in [-0.25, -0.2) is 4.98 Å². The number of imidazole rings is 1. The van der Waals surface area contributed by atoms with Crippen LogP contribution in [0.3, 0.4) is 0 Å². The molecule has 3 nitrogen and oxygen atoms in total. The van der Waals surface area contributed by atoms with E-state index in [1.54, 1.807) is 0 Å². The zero-order valence-corrected chi connectivity index (χ0v) is 13.0. The molecule has 3 aromatic rings. The largest absolute Gasteiger partial charge is 0.365 e. The molecule has 0 N–H and O–H groups in total. The molecule has 21 heavy (non-hydrogen) atoms. The number of anilines is 1. The predicted octanol–water partition coefficient (Wildman–Crippen LogP) is 4.08. The molecular weight excluding hydrogens is 258 g/mol. The maximum atomic E-state index is 4.80. The molecule has 3 rings (SSSR count). The smallest absolute Gasteiger partial charge is 0.132 e. The number of aromatic nitrogens is 2. The molecule has 108 valence electrons. The topological polar surface area (TPSA) is 21.1 Å². The minimum absolute atomic E-state index is 0.213.